The van der Waals surface area contributed by atoms with Crippen LogP contribution in [0.2, 0.25) is 5.02 Å². The van der Waals surface area contributed by atoms with Gasteiger partial charge in [0, 0.05) is 43.0 Å². The summed E-state index contributed by atoms with van der Waals surface area (Å²) in [6.45, 7) is 6.33. The molecule has 0 spiro atoms. The number of para-hydroxylation sites is 2. The van der Waals surface area contributed by atoms with Gasteiger partial charge in [-0.25, -0.2) is 0 Å². The Hall–Kier alpha value is -2.64. The number of nitro groups is 1. The minimum absolute atomic E-state index is 0.0930. The Morgan fingerprint density at radius 1 is 1.18 bits per heavy atom. The first-order valence-electron chi connectivity index (χ1n) is 9.16. The highest BCUT2D eigenvalue weighted by molar-refractivity contribution is 6.31. The molecule has 1 aliphatic heterocycles. The molecule has 8 heteroatoms. The van der Waals surface area contributed by atoms with Crippen LogP contribution < -0.4 is 10.2 Å². The van der Waals surface area contributed by atoms with Crippen molar-refractivity contribution in [1.29, 1.82) is 0 Å². The minimum Gasteiger partial charge on any atom is -0.363 e. The molecule has 0 saturated carbocycles. The van der Waals surface area contributed by atoms with E-state index in [1.807, 2.05) is 24.8 Å². The van der Waals surface area contributed by atoms with Crippen LogP contribution >= 0.6 is 11.6 Å². The second-order valence-corrected chi connectivity index (χ2v) is 7.33. The van der Waals surface area contributed by atoms with E-state index in [4.69, 9.17) is 11.6 Å². The summed E-state index contributed by atoms with van der Waals surface area (Å²) in [7, 11) is 0. The first kappa shape index (κ1) is 20.1. The van der Waals surface area contributed by atoms with Crippen molar-refractivity contribution in [3.05, 3.63) is 63.2 Å². The van der Waals surface area contributed by atoms with Gasteiger partial charge in [-0.05, 0) is 37.6 Å². The smallest absolute Gasteiger partial charge is 0.292 e. The van der Waals surface area contributed by atoms with Gasteiger partial charge in [0.25, 0.3) is 5.69 Å². The maximum Gasteiger partial charge on any atom is 0.292 e. The summed E-state index contributed by atoms with van der Waals surface area (Å²) in [5.41, 5.74) is 2.39. The number of hydrogen-bond donors (Lipinski definition) is 1. The van der Waals surface area contributed by atoms with Crippen molar-refractivity contribution in [2.75, 3.05) is 36.4 Å². The van der Waals surface area contributed by atoms with Crippen LogP contribution in [-0.4, -0.2) is 48.0 Å². The van der Waals surface area contributed by atoms with Gasteiger partial charge in [-0.15, -0.1) is 0 Å². The Balaban J connectivity index is 1.62. The second-order valence-electron chi connectivity index (χ2n) is 6.89. The van der Waals surface area contributed by atoms with Gasteiger partial charge in [-0.3, -0.25) is 19.8 Å². The summed E-state index contributed by atoms with van der Waals surface area (Å²) in [6.07, 6.45) is 0. The zero-order valence-corrected chi connectivity index (χ0v) is 16.6. The van der Waals surface area contributed by atoms with Crippen molar-refractivity contribution in [3.63, 3.8) is 0 Å². The van der Waals surface area contributed by atoms with Gasteiger partial charge in [-0.1, -0.05) is 29.8 Å². The molecule has 1 aliphatic rings. The van der Waals surface area contributed by atoms with E-state index in [0.717, 1.165) is 5.56 Å². The van der Waals surface area contributed by atoms with Crippen molar-refractivity contribution in [1.82, 2.24) is 4.90 Å². The lowest BCUT2D eigenvalue weighted by Crippen LogP contribution is -2.53. The number of nitrogens with zero attached hydrogens (tertiary/aromatic N) is 3. The average Bonchev–Trinajstić information content (AvgIpc) is 2.70. The number of carbonyl (C=O) groups excluding carboxylic acids is 1. The number of carbonyl (C=O) groups is 1. The number of nitrogens with one attached hydrogen (secondary N) is 1. The largest absolute Gasteiger partial charge is 0.363 e. The predicted molar refractivity (Wildman–Crippen MR) is 111 cm³/mol. The minimum atomic E-state index is -0.356. The summed E-state index contributed by atoms with van der Waals surface area (Å²) >= 11 is 6.02. The van der Waals surface area contributed by atoms with E-state index in [9.17, 15) is 14.9 Å². The molecule has 2 aromatic carbocycles. The molecule has 148 valence electrons. The standard InChI is InChI=1S/C20H23ClN4O3/c1-14-7-8-16(21)13-17(14)22-20(26)15(2)23-9-11-24(12-10-23)18-5-3-4-6-19(18)25(27)28/h3-8,13,15H,9-12H2,1-2H3,(H,22,26). The molecule has 1 fully saturated rings. The predicted octanol–water partition coefficient (Wildman–Crippen LogP) is 3.71. The van der Waals surface area contributed by atoms with E-state index >= 15 is 0 Å². The summed E-state index contributed by atoms with van der Waals surface area (Å²) in [6, 6.07) is 11.9. The van der Waals surface area contributed by atoms with Gasteiger partial charge < -0.3 is 10.2 Å². The Labute approximate surface area is 169 Å². The van der Waals surface area contributed by atoms with Crippen LogP contribution in [0.3, 0.4) is 0 Å². The number of halogens is 1. The molecule has 0 bridgehead atoms. The van der Waals surface area contributed by atoms with Crippen LogP contribution in [0.4, 0.5) is 17.1 Å². The summed E-state index contributed by atoms with van der Waals surface area (Å²) < 4.78 is 0. The van der Waals surface area contributed by atoms with Gasteiger partial charge in [0.05, 0.1) is 11.0 Å². The lowest BCUT2D eigenvalue weighted by Gasteiger charge is -2.38. The number of anilines is 2. The Kier molecular flexibility index (Phi) is 6.16. The Bertz CT molecular complexity index is 882. The second kappa shape index (κ2) is 8.58. The lowest BCUT2D eigenvalue weighted by molar-refractivity contribution is -0.384. The fourth-order valence-electron chi connectivity index (χ4n) is 3.37. The van der Waals surface area contributed by atoms with Gasteiger partial charge in [0.1, 0.15) is 5.69 Å². The van der Waals surface area contributed by atoms with E-state index in [2.05, 4.69) is 10.2 Å². The first-order chi connectivity index (χ1) is 13.4. The Morgan fingerprint density at radius 3 is 2.54 bits per heavy atom. The summed E-state index contributed by atoms with van der Waals surface area (Å²) in [5.74, 6) is -0.0930. The summed E-state index contributed by atoms with van der Waals surface area (Å²) in [4.78, 5) is 27.7. The van der Waals surface area contributed by atoms with Crippen LogP contribution in [0, 0.1) is 17.0 Å². The van der Waals surface area contributed by atoms with E-state index in [1.165, 1.54) is 6.07 Å². The normalized spacial score (nSPS) is 15.9. The highest BCUT2D eigenvalue weighted by atomic mass is 35.5. The van der Waals surface area contributed by atoms with Crippen molar-refractivity contribution >= 4 is 34.6 Å². The molecule has 0 radical (unpaired) electrons. The SMILES string of the molecule is Cc1ccc(Cl)cc1NC(=O)C(C)N1CCN(c2ccccc2[N+](=O)[O-])CC1. The molecule has 0 aromatic heterocycles. The zero-order valence-electron chi connectivity index (χ0n) is 15.9. The number of amides is 1. The highest BCUT2D eigenvalue weighted by Gasteiger charge is 2.28. The summed E-state index contributed by atoms with van der Waals surface area (Å²) in [5, 5.41) is 14.8. The third kappa shape index (κ3) is 4.43. The van der Waals surface area contributed by atoms with Crippen LogP contribution in [0.5, 0.6) is 0 Å². The number of piperazine rings is 1. The number of benzene rings is 2. The molecular weight excluding hydrogens is 380 g/mol. The third-order valence-electron chi connectivity index (χ3n) is 5.12. The lowest BCUT2D eigenvalue weighted by atomic mass is 10.1. The number of rotatable bonds is 5. The fraction of sp³-hybridized carbons (Fsp3) is 0.350. The maximum atomic E-state index is 12.7. The third-order valence-corrected chi connectivity index (χ3v) is 5.35. The molecule has 1 atom stereocenters. The number of aryl methyl sites for hydroxylation is 1. The van der Waals surface area contributed by atoms with Crippen molar-refractivity contribution < 1.29 is 9.72 Å². The fourth-order valence-corrected chi connectivity index (χ4v) is 3.54. The molecule has 1 N–H and O–H groups in total. The molecule has 1 unspecified atom stereocenters. The van der Waals surface area contributed by atoms with Crippen molar-refractivity contribution in [2.24, 2.45) is 0 Å². The van der Waals surface area contributed by atoms with Crippen LogP contribution in [0.1, 0.15) is 12.5 Å². The van der Waals surface area contributed by atoms with Crippen molar-refractivity contribution in [3.8, 4) is 0 Å². The van der Waals surface area contributed by atoms with E-state index in [1.54, 1.807) is 30.3 Å². The first-order valence-corrected chi connectivity index (χ1v) is 9.54. The maximum absolute atomic E-state index is 12.7. The molecular formula is C20H23ClN4O3. The molecule has 28 heavy (non-hydrogen) atoms. The van der Waals surface area contributed by atoms with E-state index in [0.29, 0.717) is 42.6 Å². The molecule has 7 nitrogen and oxygen atoms in total. The van der Waals surface area contributed by atoms with Crippen molar-refractivity contribution in [2.45, 2.75) is 19.9 Å². The topological polar surface area (TPSA) is 78.7 Å². The van der Waals surface area contributed by atoms with Gasteiger partial charge >= 0.3 is 0 Å². The van der Waals surface area contributed by atoms with Crippen LogP contribution in [0.15, 0.2) is 42.5 Å². The number of hydrogen-bond acceptors (Lipinski definition) is 5. The van der Waals surface area contributed by atoms with Gasteiger partial charge in [-0.2, -0.15) is 0 Å². The Morgan fingerprint density at radius 2 is 1.86 bits per heavy atom. The van der Waals surface area contributed by atoms with Crippen LogP contribution in [-0.2, 0) is 4.79 Å². The molecule has 1 amide bonds. The van der Waals surface area contributed by atoms with E-state index in [-0.39, 0.29) is 22.6 Å². The highest BCUT2D eigenvalue weighted by Crippen LogP contribution is 2.28. The van der Waals surface area contributed by atoms with Gasteiger partial charge in [0.2, 0.25) is 5.91 Å². The molecule has 0 aliphatic carbocycles. The average molecular weight is 403 g/mol. The zero-order chi connectivity index (χ0) is 20.3. The molecule has 1 saturated heterocycles. The number of nitro benzene ring substituents is 1. The molecule has 3 rings (SSSR count). The van der Waals surface area contributed by atoms with Gasteiger partial charge in [0.15, 0.2) is 0 Å². The molecule has 1 heterocycles. The van der Waals surface area contributed by atoms with E-state index < -0.39 is 0 Å². The monoisotopic (exact) mass is 402 g/mol. The van der Waals surface area contributed by atoms with Crippen LogP contribution in [0.25, 0.3) is 0 Å². The quantitative estimate of drug-likeness (QED) is 0.609. The molecule has 2 aromatic rings.